The molecule has 4 aromatic carbocycles. The molecule has 48 heavy (non-hydrogen) atoms. The van der Waals surface area contributed by atoms with Crippen molar-refractivity contribution < 1.29 is 27.1 Å². The number of halogens is 3. The first-order valence-corrected chi connectivity index (χ1v) is 17.7. The normalized spacial score (nSPS) is 12.0. The number of anilines is 1. The average Bonchev–Trinajstić information content (AvgIpc) is 3.06. The van der Waals surface area contributed by atoms with E-state index < -0.39 is 40.2 Å². The van der Waals surface area contributed by atoms with Gasteiger partial charge in [0.05, 0.1) is 17.2 Å². The zero-order valence-electron chi connectivity index (χ0n) is 26.9. The van der Waals surface area contributed by atoms with E-state index in [0.717, 1.165) is 22.0 Å². The zero-order valence-corrected chi connectivity index (χ0v) is 29.2. The Balaban J connectivity index is 1.82. The largest absolute Gasteiger partial charge is 0.494 e. The van der Waals surface area contributed by atoms with Gasteiger partial charge in [-0.05, 0) is 79.1 Å². The van der Waals surface area contributed by atoms with Crippen molar-refractivity contribution in [3.63, 3.8) is 0 Å². The van der Waals surface area contributed by atoms with Crippen molar-refractivity contribution in [3.8, 4) is 5.75 Å². The topological polar surface area (TPSA) is 96.0 Å². The summed E-state index contributed by atoms with van der Waals surface area (Å²) >= 11 is 13.1. The summed E-state index contributed by atoms with van der Waals surface area (Å²) in [7, 11) is -4.39. The van der Waals surface area contributed by atoms with E-state index in [1.54, 1.807) is 18.2 Å². The second-order valence-electron chi connectivity index (χ2n) is 11.5. The van der Waals surface area contributed by atoms with Gasteiger partial charge in [-0.25, -0.2) is 12.8 Å². The highest BCUT2D eigenvalue weighted by molar-refractivity contribution is 7.92. The molecule has 0 spiro atoms. The lowest BCUT2D eigenvalue weighted by molar-refractivity contribution is -0.140. The van der Waals surface area contributed by atoms with Crippen LogP contribution in [0.25, 0.3) is 0 Å². The van der Waals surface area contributed by atoms with Crippen LogP contribution in [-0.2, 0) is 32.6 Å². The number of amides is 2. The van der Waals surface area contributed by atoms with Crippen molar-refractivity contribution in [3.05, 3.63) is 124 Å². The summed E-state index contributed by atoms with van der Waals surface area (Å²) < 4.78 is 48.7. The summed E-state index contributed by atoms with van der Waals surface area (Å²) in [6, 6.07) is 23.6. The monoisotopic (exact) mass is 713 g/mol. The number of nitrogens with one attached hydrogen (secondary N) is 1. The number of benzene rings is 4. The van der Waals surface area contributed by atoms with Gasteiger partial charge in [0, 0.05) is 35.1 Å². The van der Waals surface area contributed by atoms with Crippen molar-refractivity contribution >= 4 is 50.7 Å². The SMILES string of the molecule is CCOc1ccc(S(=O)(=O)N(CC(=O)N(Cc2c(Cl)cccc2Cl)[C@H](Cc2ccccc2)C(=O)NCC(C)C)c2ccc(F)cc2)cc1. The Kier molecular flexibility index (Phi) is 12.9. The molecule has 0 unspecified atom stereocenters. The number of hydrogen-bond acceptors (Lipinski definition) is 5. The summed E-state index contributed by atoms with van der Waals surface area (Å²) in [5.41, 5.74) is 1.23. The van der Waals surface area contributed by atoms with Crippen molar-refractivity contribution in [2.24, 2.45) is 5.92 Å². The molecule has 0 heterocycles. The van der Waals surface area contributed by atoms with E-state index in [4.69, 9.17) is 27.9 Å². The molecule has 8 nitrogen and oxygen atoms in total. The Morgan fingerprint density at radius 2 is 1.50 bits per heavy atom. The maximum Gasteiger partial charge on any atom is 0.264 e. The molecule has 4 aromatic rings. The highest BCUT2D eigenvalue weighted by Crippen LogP contribution is 2.29. The number of sulfonamides is 1. The van der Waals surface area contributed by atoms with E-state index in [1.165, 1.54) is 41.3 Å². The fraction of sp³-hybridized carbons (Fsp3) is 0.278. The molecule has 254 valence electrons. The van der Waals surface area contributed by atoms with Crippen LogP contribution in [0.2, 0.25) is 10.0 Å². The fourth-order valence-electron chi connectivity index (χ4n) is 4.97. The van der Waals surface area contributed by atoms with Gasteiger partial charge in [-0.2, -0.15) is 0 Å². The highest BCUT2D eigenvalue weighted by atomic mass is 35.5. The Hall–Kier alpha value is -4.12. The summed E-state index contributed by atoms with van der Waals surface area (Å²) in [6.07, 6.45) is 0.126. The van der Waals surface area contributed by atoms with E-state index in [1.807, 2.05) is 51.1 Å². The number of hydrogen-bond donors (Lipinski definition) is 1. The fourth-order valence-corrected chi connectivity index (χ4v) is 6.90. The predicted octanol–water partition coefficient (Wildman–Crippen LogP) is 7.14. The van der Waals surface area contributed by atoms with Gasteiger partial charge in [-0.1, -0.05) is 73.4 Å². The minimum Gasteiger partial charge on any atom is -0.494 e. The third-order valence-electron chi connectivity index (χ3n) is 7.46. The van der Waals surface area contributed by atoms with Crippen LogP contribution in [0.4, 0.5) is 10.1 Å². The van der Waals surface area contributed by atoms with Crippen molar-refractivity contribution in [1.29, 1.82) is 0 Å². The molecule has 1 N–H and O–H groups in total. The molecule has 0 fully saturated rings. The van der Waals surface area contributed by atoms with Gasteiger partial charge >= 0.3 is 0 Å². The lowest BCUT2D eigenvalue weighted by Crippen LogP contribution is -2.53. The lowest BCUT2D eigenvalue weighted by atomic mass is 10.0. The lowest BCUT2D eigenvalue weighted by Gasteiger charge is -2.34. The number of nitrogens with zero attached hydrogens (tertiary/aromatic N) is 2. The zero-order chi connectivity index (χ0) is 34.8. The molecule has 0 saturated carbocycles. The molecular formula is C36H38Cl2FN3O5S. The molecule has 0 aliphatic heterocycles. The Morgan fingerprint density at radius 3 is 2.08 bits per heavy atom. The minimum absolute atomic E-state index is 0.0539. The minimum atomic E-state index is -4.39. The van der Waals surface area contributed by atoms with E-state index in [-0.39, 0.29) is 39.5 Å². The molecule has 0 aromatic heterocycles. The quantitative estimate of drug-likeness (QED) is 0.141. The molecule has 0 radical (unpaired) electrons. The van der Waals surface area contributed by atoms with E-state index >= 15 is 0 Å². The average molecular weight is 715 g/mol. The van der Waals surface area contributed by atoms with Crippen molar-refractivity contribution in [2.45, 2.75) is 44.7 Å². The van der Waals surface area contributed by atoms with E-state index in [2.05, 4.69) is 5.32 Å². The number of rotatable bonds is 15. The van der Waals surface area contributed by atoms with Gasteiger partial charge in [0.2, 0.25) is 11.8 Å². The van der Waals surface area contributed by atoms with Crippen molar-refractivity contribution in [1.82, 2.24) is 10.2 Å². The molecule has 0 bridgehead atoms. The molecule has 0 aliphatic rings. The first-order valence-electron chi connectivity index (χ1n) is 15.5. The van der Waals surface area contributed by atoms with Gasteiger partial charge in [0.25, 0.3) is 10.0 Å². The van der Waals surface area contributed by atoms with Crippen LogP contribution >= 0.6 is 23.2 Å². The maximum absolute atomic E-state index is 14.6. The number of carbonyl (C=O) groups excluding carboxylic acids is 2. The molecule has 4 rings (SSSR count). The number of carbonyl (C=O) groups is 2. The van der Waals surface area contributed by atoms with Gasteiger partial charge in [-0.3, -0.25) is 13.9 Å². The van der Waals surface area contributed by atoms with Crippen LogP contribution in [0.15, 0.2) is 102 Å². The third kappa shape index (κ3) is 9.49. The van der Waals surface area contributed by atoms with Crippen LogP contribution < -0.4 is 14.4 Å². The summed E-state index contributed by atoms with van der Waals surface area (Å²) in [5, 5.41) is 3.48. The van der Waals surface area contributed by atoms with Gasteiger partial charge in [0.1, 0.15) is 24.2 Å². The first-order chi connectivity index (χ1) is 22.9. The second kappa shape index (κ2) is 16.8. The van der Waals surface area contributed by atoms with E-state index in [0.29, 0.717) is 24.5 Å². The van der Waals surface area contributed by atoms with Gasteiger partial charge in [-0.15, -0.1) is 0 Å². The third-order valence-corrected chi connectivity index (χ3v) is 9.96. The van der Waals surface area contributed by atoms with Crippen LogP contribution in [0.1, 0.15) is 31.9 Å². The predicted molar refractivity (Wildman–Crippen MR) is 187 cm³/mol. The van der Waals surface area contributed by atoms with Crippen LogP contribution in [0.3, 0.4) is 0 Å². The second-order valence-corrected chi connectivity index (χ2v) is 14.1. The van der Waals surface area contributed by atoms with Crippen LogP contribution in [-0.4, -0.2) is 50.9 Å². The highest BCUT2D eigenvalue weighted by Gasteiger charge is 2.35. The Morgan fingerprint density at radius 1 is 0.875 bits per heavy atom. The summed E-state index contributed by atoms with van der Waals surface area (Å²) in [4.78, 5) is 29.7. The first kappa shape index (κ1) is 36.7. The van der Waals surface area contributed by atoms with Gasteiger partial charge in [0.15, 0.2) is 0 Å². The Bertz CT molecular complexity index is 1770. The summed E-state index contributed by atoms with van der Waals surface area (Å²) in [6.45, 7) is 5.55. The number of ether oxygens (including phenoxy) is 1. The Labute approximate surface area is 291 Å². The molecule has 0 aliphatic carbocycles. The van der Waals surface area contributed by atoms with Crippen LogP contribution in [0.5, 0.6) is 5.75 Å². The van der Waals surface area contributed by atoms with Gasteiger partial charge < -0.3 is 15.0 Å². The van der Waals surface area contributed by atoms with E-state index in [9.17, 15) is 22.4 Å². The summed E-state index contributed by atoms with van der Waals surface area (Å²) in [5.74, 6) is -1.11. The maximum atomic E-state index is 14.6. The molecule has 0 saturated heterocycles. The molecule has 2 amide bonds. The smallest absolute Gasteiger partial charge is 0.264 e. The van der Waals surface area contributed by atoms with Crippen LogP contribution in [0, 0.1) is 11.7 Å². The molecule has 1 atom stereocenters. The molecule has 12 heteroatoms. The standard InChI is InChI=1S/C36H38Cl2FN3O5S/c1-4-47-29-17-19-30(20-18-29)48(45,46)42(28-15-13-27(39)14-16-28)24-35(43)41(23-31-32(37)11-8-12-33(31)38)34(36(44)40-22-25(2)3)21-26-9-6-5-7-10-26/h5-20,25,34H,4,21-24H2,1-3H3,(H,40,44)/t34-/m1/s1. The molecular weight excluding hydrogens is 676 g/mol. The van der Waals surface area contributed by atoms with Crippen molar-refractivity contribution in [2.75, 3.05) is 24.0 Å².